The van der Waals surface area contributed by atoms with Crippen LogP contribution in [-0.4, -0.2) is 31.1 Å². The summed E-state index contributed by atoms with van der Waals surface area (Å²) in [6.07, 6.45) is 2.04. The zero-order chi connectivity index (χ0) is 19.7. The van der Waals surface area contributed by atoms with Gasteiger partial charge in [-0.2, -0.15) is 0 Å². The van der Waals surface area contributed by atoms with E-state index in [1.54, 1.807) is 4.90 Å². The monoisotopic (exact) mass is 354 g/mol. The Bertz CT molecular complexity index is 682. The number of benzene rings is 2. The first kappa shape index (κ1) is 21.8. The van der Waals surface area contributed by atoms with Crippen molar-refractivity contribution in [3.63, 3.8) is 0 Å². The maximum absolute atomic E-state index is 12.5. The van der Waals surface area contributed by atoms with E-state index in [1.807, 2.05) is 54.8 Å². The minimum absolute atomic E-state index is 0.0927. The van der Waals surface area contributed by atoms with Gasteiger partial charge in [0.25, 0.3) is 5.91 Å². The van der Waals surface area contributed by atoms with Gasteiger partial charge in [0.1, 0.15) is 6.17 Å². The minimum atomic E-state index is 0.0927. The molecule has 1 aliphatic rings. The molecule has 0 N–H and O–H groups in total. The summed E-state index contributed by atoms with van der Waals surface area (Å²) in [7, 11) is 3.90. The summed E-state index contributed by atoms with van der Waals surface area (Å²) in [5.41, 5.74) is 4.38. The van der Waals surface area contributed by atoms with E-state index in [4.69, 9.17) is 0 Å². The van der Waals surface area contributed by atoms with Gasteiger partial charge < -0.3 is 9.80 Å². The molecule has 0 saturated carbocycles. The number of hydrogen-bond acceptors (Lipinski definition) is 2. The molecule has 3 heteroatoms. The Balaban J connectivity index is 0.000000791. The van der Waals surface area contributed by atoms with Crippen LogP contribution in [0.25, 0.3) is 0 Å². The number of carbonyl (C=O) groups excluding carboxylic acids is 1. The molecule has 142 valence electrons. The standard InChI is InChI=1S/C19H22N2O.2C2H6/c1-14-20(2)18-12-11-16(13-17(18)19(22)21(14)3)10-9-15-7-5-4-6-8-15;2*1-2/h4-8,11-14H,9-10H2,1-3H3;2*1-2H3. The predicted molar refractivity (Wildman–Crippen MR) is 113 cm³/mol. The highest BCUT2D eigenvalue weighted by atomic mass is 16.2. The van der Waals surface area contributed by atoms with E-state index in [2.05, 4.69) is 47.4 Å². The summed E-state index contributed by atoms with van der Waals surface area (Å²) < 4.78 is 0. The molecule has 0 spiro atoms. The van der Waals surface area contributed by atoms with Gasteiger partial charge in [-0.3, -0.25) is 4.79 Å². The lowest BCUT2D eigenvalue weighted by Crippen LogP contribution is -2.50. The third-order valence-electron chi connectivity index (χ3n) is 4.66. The summed E-state index contributed by atoms with van der Waals surface area (Å²) in [4.78, 5) is 16.4. The number of aryl methyl sites for hydroxylation is 2. The van der Waals surface area contributed by atoms with E-state index in [9.17, 15) is 4.79 Å². The highest BCUT2D eigenvalue weighted by molar-refractivity contribution is 6.01. The van der Waals surface area contributed by atoms with Gasteiger partial charge in [0.2, 0.25) is 0 Å². The van der Waals surface area contributed by atoms with Crippen molar-refractivity contribution in [1.82, 2.24) is 4.90 Å². The second-order valence-corrected chi connectivity index (χ2v) is 6.00. The molecule has 3 nitrogen and oxygen atoms in total. The third kappa shape index (κ3) is 4.87. The number of amides is 1. The van der Waals surface area contributed by atoms with Crippen LogP contribution in [0, 0.1) is 0 Å². The van der Waals surface area contributed by atoms with Crippen molar-refractivity contribution in [2.24, 2.45) is 0 Å². The van der Waals surface area contributed by atoms with Crippen LogP contribution < -0.4 is 4.90 Å². The maximum Gasteiger partial charge on any atom is 0.257 e. The normalized spacial score (nSPS) is 15.3. The average molecular weight is 355 g/mol. The van der Waals surface area contributed by atoms with Gasteiger partial charge in [0.15, 0.2) is 0 Å². The van der Waals surface area contributed by atoms with Crippen LogP contribution in [0.15, 0.2) is 48.5 Å². The van der Waals surface area contributed by atoms with Crippen molar-refractivity contribution in [3.8, 4) is 0 Å². The third-order valence-corrected chi connectivity index (χ3v) is 4.66. The van der Waals surface area contributed by atoms with Gasteiger partial charge in [0, 0.05) is 14.1 Å². The van der Waals surface area contributed by atoms with Crippen LogP contribution in [0.3, 0.4) is 0 Å². The zero-order valence-electron chi connectivity index (χ0n) is 17.4. The van der Waals surface area contributed by atoms with Crippen molar-refractivity contribution in [2.45, 2.75) is 53.6 Å². The van der Waals surface area contributed by atoms with E-state index in [0.717, 1.165) is 24.1 Å². The fourth-order valence-electron chi connectivity index (χ4n) is 2.97. The summed E-state index contributed by atoms with van der Waals surface area (Å²) >= 11 is 0. The summed E-state index contributed by atoms with van der Waals surface area (Å²) in [5.74, 6) is 0.113. The van der Waals surface area contributed by atoms with E-state index >= 15 is 0 Å². The predicted octanol–water partition coefficient (Wildman–Crippen LogP) is 5.39. The molecule has 1 amide bonds. The molecule has 1 unspecified atom stereocenters. The van der Waals surface area contributed by atoms with E-state index in [-0.39, 0.29) is 12.1 Å². The first-order valence-electron chi connectivity index (χ1n) is 9.75. The minimum Gasteiger partial charge on any atom is -0.354 e. The maximum atomic E-state index is 12.5. The first-order valence-corrected chi connectivity index (χ1v) is 9.75. The van der Waals surface area contributed by atoms with Crippen molar-refractivity contribution in [2.75, 3.05) is 19.0 Å². The molecular formula is C23H34N2O. The highest BCUT2D eigenvalue weighted by Gasteiger charge is 2.30. The molecule has 1 heterocycles. The molecule has 2 aromatic carbocycles. The molecule has 26 heavy (non-hydrogen) atoms. The van der Waals surface area contributed by atoms with Gasteiger partial charge in [0.05, 0.1) is 11.3 Å². The number of fused-ring (bicyclic) bond motifs is 1. The van der Waals surface area contributed by atoms with Gasteiger partial charge >= 0.3 is 0 Å². The molecule has 0 fully saturated rings. The number of nitrogens with zero attached hydrogens (tertiary/aromatic N) is 2. The summed E-state index contributed by atoms with van der Waals surface area (Å²) in [5, 5.41) is 0. The lowest BCUT2D eigenvalue weighted by atomic mass is 9.99. The number of hydrogen-bond donors (Lipinski definition) is 0. The molecule has 3 rings (SSSR count). The molecule has 0 aliphatic carbocycles. The van der Waals surface area contributed by atoms with Crippen LogP contribution in [0.5, 0.6) is 0 Å². The quantitative estimate of drug-likeness (QED) is 0.737. The second kappa shape index (κ2) is 10.6. The van der Waals surface area contributed by atoms with E-state index in [1.165, 1.54) is 11.1 Å². The lowest BCUT2D eigenvalue weighted by molar-refractivity contribution is 0.0726. The highest BCUT2D eigenvalue weighted by Crippen LogP contribution is 2.30. The average Bonchev–Trinajstić information content (AvgIpc) is 2.72. The molecule has 2 aromatic rings. The van der Waals surface area contributed by atoms with Crippen molar-refractivity contribution >= 4 is 11.6 Å². The van der Waals surface area contributed by atoms with Gasteiger partial charge in [-0.25, -0.2) is 0 Å². The Morgan fingerprint density at radius 3 is 2.00 bits per heavy atom. The van der Waals surface area contributed by atoms with Crippen LogP contribution in [0.2, 0.25) is 0 Å². The van der Waals surface area contributed by atoms with Crippen LogP contribution in [-0.2, 0) is 12.8 Å². The Labute approximate surface area is 159 Å². The molecule has 1 aliphatic heterocycles. The Morgan fingerprint density at radius 2 is 1.38 bits per heavy atom. The Hall–Kier alpha value is -2.29. The van der Waals surface area contributed by atoms with Gasteiger partial charge in [-0.15, -0.1) is 0 Å². The lowest BCUT2D eigenvalue weighted by Gasteiger charge is -2.40. The number of carbonyl (C=O) groups is 1. The van der Waals surface area contributed by atoms with Crippen LogP contribution in [0.4, 0.5) is 5.69 Å². The molecule has 0 aromatic heterocycles. The number of anilines is 1. The molecule has 0 radical (unpaired) electrons. The SMILES string of the molecule is CC.CC.CC1N(C)C(=O)c2cc(CCc3ccccc3)ccc2N1C. The van der Waals surface area contributed by atoms with Gasteiger partial charge in [-0.05, 0) is 43.0 Å². The largest absolute Gasteiger partial charge is 0.354 e. The van der Waals surface area contributed by atoms with Crippen molar-refractivity contribution in [1.29, 1.82) is 0 Å². The summed E-state index contributed by atoms with van der Waals surface area (Å²) in [6, 6.07) is 16.7. The van der Waals surface area contributed by atoms with Gasteiger partial charge in [-0.1, -0.05) is 64.1 Å². The van der Waals surface area contributed by atoms with Crippen LogP contribution in [0.1, 0.15) is 56.1 Å². The van der Waals surface area contributed by atoms with E-state index in [0.29, 0.717) is 0 Å². The fraction of sp³-hybridized carbons (Fsp3) is 0.435. The fourth-order valence-corrected chi connectivity index (χ4v) is 2.97. The Morgan fingerprint density at radius 1 is 0.808 bits per heavy atom. The molecule has 0 saturated heterocycles. The van der Waals surface area contributed by atoms with Crippen molar-refractivity contribution in [3.05, 3.63) is 65.2 Å². The Kier molecular flexibility index (Phi) is 8.91. The summed E-state index contributed by atoms with van der Waals surface area (Å²) in [6.45, 7) is 10.0. The first-order chi connectivity index (χ1) is 12.6. The van der Waals surface area contributed by atoms with E-state index < -0.39 is 0 Å². The second-order valence-electron chi connectivity index (χ2n) is 6.00. The topological polar surface area (TPSA) is 23.6 Å². The number of rotatable bonds is 3. The zero-order valence-corrected chi connectivity index (χ0v) is 17.4. The smallest absolute Gasteiger partial charge is 0.257 e. The van der Waals surface area contributed by atoms with Crippen molar-refractivity contribution < 1.29 is 4.79 Å². The molecule has 1 atom stereocenters. The molecule has 0 bridgehead atoms. The molecular weight excluding hydrogens is 320 g/mol. The van der Waals surface area contributed by atoms with Crippen LogP contribution >= 0.6 is 0 Å².